The zero-order chi connectivity index (χ0) is 37.0. The standard InChI is InChI=1S/C36H38ClN9O6/c1-2-3-13-30-40-32(37)29(46(30)21-23-14-16-24(17-15-23)25-11-7-8-12-26(25)33-41-44-45-42-33)20-38-31(47)19-28(36(50)51)39-34(48)27(35(49)43-52)18-22-9-5-4-6-10-22/h4-12,14-17,27-28,52H,2-3,13,18-21H2,1H3,(H,38,47)(H,39,48)(H,43,49)(H,50,51)(H,41,42,44,45)/t27?,28-/m1/s1. The molecule has 16 heteroatoms. The maximum Gasteiger partial charge on any atom is 0.326 e. The van der Waals surface area contributed by atoms with Gasteiger partial charge in [0.1, 0.15) is 17.8 Å². The van der Waals surface area contributed by atoms with Gasteiger partial charge in [-0.1, -0.05) is 104 Å². The molecule has 0 radical (unpaired) electrons. The number of imidazole rings is 1. The second kappa shape index (κ2) is 17.8. The highest BCUT2D eigenvalue weighted by Crippen LogP contribution is 2.30. The van der Waals surface area contributed by atoms with Crippen LogP contribution < -0.4 is 16.1 Å². The van der Waals surface area contributed by atoms with Gasteiger partial charge >= 0.3 is 5.97 Å². The van der Waals surface area contributed by atoms with Crippen LogP contribution in [0.5, 0.6) is 0 Å². The van der Waals surface area contributed by atoms with E-state index in [4.69, 9.17) is 11.6 Å². The molecule has 1 unspecified atom stereocenters. The minimum atomic E-state index is -1.65. The number of benzene rings is 3. The van der Waals surface area contributed by atoms with Crippen molar-refractivity contribution < 1.29 is 29.5 Å². The van der Waals surface area contributed by atoms with Crippen LogP contribution in [-0.4, -0.2) is 70.2 Å². The summed E-state index contributed by atoms with van der Waals surface area (Å²) in [4.78, 5) is 55.1. The lowest BCUT2D eigenvalue weighted by molar-refractivity contribution is -0.147. The first kappa shape index (κ1) is 37.3. The molecule has 0 fully saturated rings. The Morgan fingerprint density at radius 2 is 1.63 bits per heavy atom. The predicted octanol–water partition coefficient (Wildman–Crippen LogP) is 3.71. The lowest BCUT2D eigenvalue weighted by atomic mass is 9.97. The number of aromatic amines is 1. The zero-order valence-corrected chi connectivity index (χ0v) is 29.0. The molecule has 2 atom stereocenters. The van der Waals surface area contributed by atoms with Crippen molar-refractivity contribution in [2.45, 2.75) is 58.2 Å². The van der Waals surface area contributed by atoms with Crippen LogP contribution >= 0.6 is 11.6 Å². The van der Waals surface area contributed by atoms with Crippen molar-refractivity contribution in [1.82, 2.24) is 46.3 Å². The number of aliphatic carboxylic acids is 1. The molecule has 3 amide bonds. The Bertz CT molecular complexity index is 1990. The molecule has 5 rings (SSSR count). The number of halogens is 1. The van der Waals surface area contributed by atoms with Gasteiger partial charge in [0, 0.05) is 18.5 Å². The Morgan fingerprint density at radius 3 is 2.29 bits per heavy atom. The number of nitrogens with zero attached hydrogens (tertiary/aromatic N) is 5. The molecule has 0 aliphatic carbocycles. The van der Waals surface area contributed by atoms with Crippen molar-refractivity contribution in [2.75, 3.05) is 0 Å². The van der Waals surface area contributed by atoms with Gasteiger partial charge in [0.05, 0.1) is 18.7 Å². The molecule has 6 N–H and O–H groups in total. The van der Waals surface area contributed by atoms with Gasteiger partial charge in [-0.25, -0.2) is 15.3 Å². The van der Waals surface area contributed by atoms with Gasteiger partial charge in [-0.2, -0.15) is 5.21 Å². The smallest absolute Gasteiger partial charge is 0.326 e. The fourth-order valence-corrected chi connectivity index (χ4v) is 5.97. The Balaban J connectivity index is 1.28. The molecule has 3 aromatic carbocycles. The average molecular weight is 728 g/mol. The quantitative estimate of drug-likeness (QED) is 0.0464. The van der Waals surface area contributed by atoms with E-state index in [-0.39, 0.29) is 18.1 Å². The molecule has 0 aliphatic rings. The molecule has 0 bridgehead atoms. The van der Waals surface area contributed by atoms with Gasteiger partial charge in [-0.15, -0.1) is 10.2 Å². The van der Waals surface area contributed by atoms with Gasteiger partial charge in [0.2, 0.25) is 17.6 Å². The molecule has 15 nitrogen and oxygen atoms in total. The van der Waals surface area contributed by atoms with E-state index in [0.717, 1.165) is 40.9 Å². The number of unbranched alkanes of at least 4 members (excludes halogenated alkanes) is 1. The van der Waals surface area contributed by atoms with Gasteiger partial charge in [-0.05, 0) is 40.3 Å². The van der Waals surface area contributed by atoms with E-state index in [2.05, 4.69) is 43.2 Å². The van der Waals surface area contributed by atoms with Crippen molar-refractivity contribution in [3.05, 3.63) is 107 Å². The van der Waals surface area contributed by atoms with E-state index in [9.17, 15) is 29.5 Å². The number of hydroxylamine groups is 1. The largest absolute Gasteiger partial charge is 0.480 e. The van der Waals surface area contributed by atoms with E-state index in [1.807, 2.05) is 53.1 Å². The monoisotopic (exact) mass is 727 g/mol. The molecule has 0 spiro atoms. The second-order valence-electron chi connectivity index (χ2n) is 12.0. The summed E-state index contributed by atoms with van der Waals surface area (Å²) in [5.74, 6) is -4.34. The third-order valence-corrected chi connectivity index (χ3v) is 8.76. The summed E-state index contributed by atoms with van der Waals surface area (Å²) < 4.78 is 1.94. The number of aryl methyl sites for hydroxylation is 1. The third-order valence-electron chi connectivity index (χ3n) is 8.46. The highest BCUT2D eigenvalue weighted by molar-refractivity contribution is 6.30. The van der Waals surface area contributed by atoms with Gasteiger partial charge < -0.3 is 20.3 Å². The van der Waals surface area contributed by atoms with Gasteiger partial charge in [0.25, 0.3) is 5.91 Å². The molecule has 0 saturated heterocycles. The first-order chi connectivity index (χ1) is 25.2. The SMILES string of the molecule is CCCCc1nc(Cl)c(CNC(=O)C[C@@H](NC(=O)C(Cc2ccccc2)C(=O)NO)C(=O)O)n1Cc1ccc(-c2ccccc2-c2nn[nH]n2)cc1. The number of amides is 3. The molecule has 2 aromatic heterocycles. The topological polar surface area (TPSA) is 217 Å². The van der Waals surface area contributed by atoms with Crippen molar-refractivity contribution >= 4 is 35.3 Å². The number of carbonyl (C=O) groups is 4. The van der Waals surface area contributed by atoms with Crippen molar-refractivity contribution in [2.24, 2.45) is 5.92 Å². The number of nitrogens with one attached hydrogen (secondary N) is 4. The molecular formula is C36H38ClN9O6. The Hall–Kier alpha value is -5.93. The summed E-state index contributed by atoms with van der Waals surface area (Å²) in [6, 6.07) is 22.6. The van der Waals surface area contributed by atoms with E-state index < -0.39 is 42.1 Å². The number of carboxylic acid groups (broad SMARTS) is 1. The molecule has 52 heavy (non-hydrogen) atoms. The van der Waals surface area contributed by atoms with Crippen LogP contribution in [0.3, 0.4) is 0 Å². The highest BCUT2D eigenvalue weighted by Gasteiger charge is 2.32. The van der Waals surface area contributed by atoms with E-state index in [1.165, 1.54) is 5.48 Å². The van der Waals surface area contributed by atoms with Crippen LogP contribution in [0.4, 0.5) is 0 Å². The number of carboxylic acids is 1. The van der Waals surface area contributed by atoms with Crippen LogP contribution in [0.25, 0.3) is 22.5 Å². The molecule has 5 aromatic rings. The lowest BCUT2D eigenvalue weighted by Crippen LogP contribution is -2.49. The fourth-order valence-electron chi connectivity index (χ4n) is 5.71. The average Bonchev–Trinajstić information content (AvgIpc) is 3.80. The Kier molecular flexibility index (Phi) is 12.8. The number of rotatable bonds is 17. The minimum Gasteiger partial charge on any atom is -0.480 e. The maximum atomic E-state index is 13.1. The summed E-state index contributed by atoms with van der Waals surface area (Å²) in [6.07, 6.45) is 1.72. The minimum absolute atomic E-state index is 0.0587. The number of tetrazole rings is 1. The summed E-state index contributed by atoms with van der Waals surface area (Å²) in [7, 11) is 0. The van der Waals surface area contributed by atoms with E-state index in [0.29, 0.717) is 30.0 Å². The first-order valence-electron chi connectivity index (χ1n) is 16.6. The first-order valence-corrected chi connectivity index (χ1v) is 17.0. The fraction of sp³-hybridized carbons (Fsp3) is 0.278. The summed E-state index contributed by atoms with van der Waals surface area (Å²) in [5, 5.41) is 38.6. The van der Waals surface area contributed by atoms with Crippen LogP contribution in [0.15, 0.2) is 78.9 Å². The summed E-state index contributed by atoms with van der Waals surface area (Å²) in [5.41, 5.74) is 6.27. The Morgan fingerprint density at radius 1 is 0.923 bits per heavy atom. The van der Waals surface area contributed by atoms with Gasteiger partial charge in [-0.3, -0.25) is 19.6 Å². The lowest BCUT2D eigenvalue weighted by Gasteiger charge is -2.19. The maximum absolute atomic E-state index is 13.1. The third kappa shape index (κ3) is 9.44. The zero-order valence-electron chi connectivity index (χ0n) is 28.3. The van der Waals surface area contributed by atoms with Crippen molar-refractivity contribution in [1.29, 1.82) is 0 Å². The van der Waals surface area contributed by atoms with Crippen molar-refractivity contribution in [3.8, 4) is 22.5 Å². The highest BCUT2D eigenvalue weighted by atomic mass is 35.5. The number of carbonyl (C=O) groups excluding carboxylic acids is 3. The van der Waals surface area contributed by atoms with Crippen LogP contribution in [0, 0.1) is 5.92 Å². The number of hydrogen-bond acceptors (Lipinski definition) is 9. The summed E-state index contributed by atoms with van der Waals surface area (Å²) >= 11 is 6.61. The number of H-pyrrole nitrogens is 1. The van der Waals surface area contributed by atoms with Crippen LogP contribution in [0.2, 0.25) is 5.15 Å². The predicted molar refractivity (Wildman–Crippen MR) is 190 cm³/mol. The number of hydrogen-bond donors (Lipinski definition) is 6. The van der Waals surface area contributed by atoms with Crippen LogP contribution in [0.1, 0.15) is 48.8 Å². The second-order valence-corrected chi connectivity index (χ2v) is 12.4. The van der Waals surface area contributed by atoms with Gasteiger partial charge in [0.15, 0.2) is 5.15 Å². The normalized spacial score (nSPS) is 12.1. The van der Waals surface area contributed by atoms with E-state index >= 15 is 0 Å². The molecule has 2 heterocycles. The van der Waals surface area contributed by atoms with E-state index in [1.54, 1.807) is 30.3 Å². The number of aromatic nitrogens is 6. The molecule has 0 saturated carbocycles. The molecule has 270 valence electrons. The van der Waals surface area contributed by atoms with Crippen molar-refractivity contribution in [3.63, 3.8) is 0 Å². The Labute approximate surface area is 303 Å². The summed E-state index contributed by atoms with van der Waals surface area (Å²) in [6.45, 7) is 2.41. The molecular weight excluding hydrogens is 690 g/mol. The van der Waals surface area contributed by atoms with Crippen LogP contribution in [-0.2, 0) is 45.1 Å². The molecule has 0 aliphatic heterocycles.